The zero-order valence-corrected chi connectivity index (χ0v) is 17.3. The summed E-state index contributed by atoms with van der Waals surface area (Å²) in [6.45, 7) is 0. The van der Waals surface area contributed by atoms with Gasteiger partial charge in [0.2, 0.25) is 0 Å². The van der Waals surface area contributed by atoms with E-state index in [9.17, 15) is 4.39 Å². The van der Waals surface area contributed by atoms with Crippen LogP contribution in [0, 0.1) is 5.82 Å². The van der Waals surface area contributed by atoms with Gasteiger partial charge in [0, 0.05) is 4.47 Å². The lowest BCUT2D eigenvalue weighted by atomic mass is 10.2. The molecular weight excluding hydrogens is 447 g/mol. The molecule has 4 aromatic rings. The Bertz CT molecular complexity index is 1100. The van der Waals surface area contributed by atoms with Crippen molar-refractivity contribution in [3.8, 4) is 0 Å². The van der Waals surface area contributed by atoms with E-state index in [1.165, 1.54) is 12.4 Å². The maximum atomic E-state index is 14.2. The molecule has 4 N–H and O–H groups in total. The highest BCUT2D eigenvalue weighted by atomic mass is 79.9. The molecule has 150 valence electrons. The number of para-hydroxylation sites is 2. The monoisotopic (exact) mass is 464 g/mol. The molecule has 0 atom stereocenters. The molecule has 30 heavy (non-hydrogen) atoms. The van der Waals surface area contributed by atoms with Crippen molar-refractivity contribution in [2.75, 3.05) is 21.5 Å². The molecule has 1 heterocycles. The van der Waals surface area contributed by atoms with Gasteiger partial charge in [0.05, 0.1) is 17.1 Å². The number of nitrogen functional groups attached to an aromatic ring is 1. The van der Waals surface area contributed by atoms with E-state index in [1.807, 2.05) is 65.7 Å². The van der Waals surface area contributed by atoms with Crippen molar-refractivity contribution in [2.45, 2.75) is 0 Å². The smallest absolute Gasteiger partial charge is 0.173 e. The summed E-state index contributed by atoms with van der Waals surface area (Å²) in [6, 6.07) is 24.2. The molecule has 0 aliphatic heterocycles. The summed E-state index contributed by atoms with van der Waals surface area (Å²) in [4.78, 5) is 8.44. The van der Waals surface area contributed by atoms with Crippen molar-refractivity contribution in [2.24, 2.45) is 0 Å². The number of nitrogens with one attached hydrogen (secondary N) is 2. The first-order valence-corrected chi connectivity index (χ1v) is 9.90. The van der Waals surface area contributed by atoms with Gasteiger partial charge < -0.3 is 11.1 Å². The third-order valence-electron chi connectivity index (χ3n) is 4.31. The van der Waals surface area contributed by atoms with Gasteiger partial charge in [-0.15, -0.1) is 0 Å². The molecule has 0 saturated carbocycles. The van der Waals surface area contributed by atoms with Crippen LogP contribution in [-0.2, 0) is 0 Å². The zero-order valence-electron chi connectivity index (χ0n) is 15.8. The van der Waals surface area contributed by atoms with Crippen molar-refractivity contribution >= 4 is 50.3 Å². The number of anilines is 6. The summed E-state index contributed by atoms with van der Waals surface area (Å²) in [5.74, 6) is 0.264. The average Bonchev–Trinajstić information content (AvgIpc) is 2.77. The summed E-state index contributed by atoms with van der Waals surface area (Å²) in [5.41, 5.74) is 11.9. The quantitative estimate of drug-likeness (QED) is 0.309. The Labute approximate surface area is 181 Å². The highest BCUT2D eigenvalue weighted by molar-refractivity contribution is 9.10. The lowest BCUT2D eigenvalue weighted by Gasteiger charge is -2.26. The minimum atomic E-state index is -0.424. The molecule has 0 amide bonds. The van der Waals surface area contributed by atoms with E-state index in [0.29, 0.717) is 16.1 Å². The van der Waals surface area contributed by atoms with Crippen LogP contribution < -0.4 is 21.5 Å². The van der Waals surface area contributed by atoms with Gasteiger partial charge in [0.25, 0.3) is 0 Å². The van der Waals surface area contributed by atoms with E-state index in [4.69, 9.17) is 5.73 Å². The predicted octanol–water partition coefficient (Wildman–Crippen LogP) is 5.87. The Morgan fingerprint density at radius 1 is 0.833 bits per heavy atom. The zero-order chi connectivity index (χ0) is 20.9. The van der Waals surface area contributed by atoms with Crippen molar-refractivity contribution in [1.29, 1.82) is 0 Å². The highest BCUT2D eigenvalue weighted by Crippen LogP contribution is 2.31. The third kappa shape index (κ3) is 4.33. The summed E-state index contributed by atoms with van der Waals surface area (Å²) < 4.78 is 14.9. The second-order valence-corrected chi connectivity index (χ2v) is 7.27. The molecule has 0 saturated heterocycles. The first-order valence-electron chi connectivity index (χ1n) is 9.11. The first-order chi connectivity index (χ1) is 14.6. The van der Waals surface area contributed by atoms with Crippen LogP contribution in [0.25, 0.3) is 0 Å². The molecule has 6 nitrogen and oxygen atoms in total. The van der Waals surface area contributed by atoms with E-state index in [0.717, 1.165) is 11.4 Å². The molecule has 0 bridgehead atoms. The third-order valence-corrected chi connectivity index (χ3v) is 4.81. The lowest BCUT2D eigenvalue weighted by Crippen LogP contribution is -2.26. The van der Waals surface area contributed by atoms with Gasteiger partial charge in [0.1, 0.15) is 17.8 Å². The molecule has 0 radical (unpaired) electrons. The van der Waals surface area contributed by atoms with E-state index >= 15 is 0 Å². The fourth-order valence-corrected chi connectivity index (χ4v) is 3.17. The summed E-state index contributed by atoms with van der Waals surface area (Å²) in [7, 11) is 0. The molecule has 0 aliphatic carbocycles. The fourth-order valence-electron chi connectivity index (χ4n) is 2.84. The molecular formula is C22H18BrFN6. The average molecular weight is 465 g/mol. The first kappa shape index (κ1) is 19.7. The van der Waals surface area contributed by atoms with Crippen LogP contribution >= 0.6 is 15.9 Å². The molecule has 0 unspecified atom stereocenters. The largest absolute Gasteiger partial charge is 0.393 e. The SMILES string of the molecule is Nc1c(Nc2ccc(Br)cc2F)ncnc1NN(c1ccccc1)c1ccccc1. The maximum absolute atomic E-state index is 14.2. The molecule has 3 aromatic carbocycles. The number of rotatable bonds is 6. The van der Waals surface area contributed by atoms with E-state index in [1.54, 1.807) is 12.1 Å². The number of aromatic nitrogens is 2. The Morgan fingerprint density at radius 2 is 1.43 bits per heavy atom. The predicted molar refractivity (Wildman–Crippen MR) is 122 cm³/mol. The van der Waals surface area contributed by atoms with Crippen LogP contribution in [0.2, 0.25) is 0 Å². The van der Waals surface area contributed by atoms with Gasteiger partial charge in [-0.05, 0) is 42.5 Å². The van der Waals surface area contributed by atoms with Gasteiger partial charge in [-0.1, -0.05) is 52.3 Å². The van der Waals surface area contributed by atoms with Crippen LogP contribution in [0.15, 0.2) is 89.7 Å². The minimum Gasteiger partial charge on any atom is -0.393 e. The molecule has 1 aromatic heterocycles. The van der Waals surface area contributed by atoms with E-state index < -0.39 is 5.82 Å². The summed E-state index contributed by atoms with van der Waals surface area (Å²) in [5, 5.41) is 4.79. The Balaban J connectivity index is 1.67. The topological polar surface area (TPSA) is 79.1 Å². The second kappa shape index (κ2) is 8.79. The van der Waals surface area contributed by atoms with E-state index in [-0.39, 0.29) is 11.4 Å². The lowest BCUT2D eigenvalue weighted by molar-refractivity contribution is 0.631. The van der Waals surface area contributed by atoms with Crippen LogP contribution in [0.1, 0.15) is 0 Å². The summed E-state index contributed by atoms with van der Waals surface area (Å²) >= 11 is 3.25. The Hall–Kier alpha value is -3.65. The number of hydrazine groups is 1. The van der Waals surface area contributed by atoms with Gasteiger partial charge in [-0.2, -0.15) is 0 Å². The number of benzene rings is 3. The van der Waals surface area contributed by atoms with Crippen LogP contribution in [0.3, 0.4) is 0 Å². The van der Waals surface area contributed by atoms with Crippen LogP contribution in [0.5, 0.6) is 0 Å². The number of hydrogen-bond acceptors (Lipinski definition) is 6. The van der Waals surface area contributed by atoms with Crippen molar-refractivity contribution < 1.29 is 4.39 Å². The standard InChI is InChI=1S/C22H18BrFN6/c23-15-11-12-19(18(24)13-15)28-21-20(25)22(27-14-26-21)29-30(16-7-3-1-4-8-16)17-9-5-2-6-10-17/h1-14H,25H2,(H2,26,27,28,29). The normalized spacial score (nSPS) is 10.5. The number of nitrogens with two attached hydrogens (primary N) is 1. The fraction of sp³-hybridized carbons (Fsp3) is 0. The minimum absolute atomic E-state index is 0.261. The number of halogens is 2. The van der Waals surface area contributed by atoms with E-state index in [2.05, 4.69) is 36.6 Å². The van der Waals surface area contributed by atoms with Crippen LogP contribution in [0.4, 0.5) is 38.8 Å². The maximum Gasteiger partial charge on any atom is 0.173 e. The van der Waals surface area contributed by atoms with Crippen molar-refractivity contribution in [1.82, 2.24) is 9.97 Å². The molecule has 4 rings (SSSR count). The van der Waals surface area contributed by atoms with Gasteiger partial charge >= 0.3 is 0 Å². The van der Waals surface area contributed by atoms with Crippen molar-refractivity contribution in [3.63, 3.8) is 0 Å². The van der Waals surface area contributed by atoms with Crippen LogP contribution in [-0.4, -0.2) is 9.97 Å². The number of nitrogens with zero attached hydrogens (tertiary/aromatic N) is 3. The highest BCUT2D eigenvalue weighted by Gasteiger charge is 2.15. The molecule has 0 fully saturated rings. The molecule has 0 aliphatic rings. The second-order valence-electron chi connectivity index (χ2n) is 6.35. The molecule has 8 heteroatoms. The molecule has 0 spiro atoms. The van der Waals surface area contributed by atoms with Gasteiger partial charge in [-0.25, -0.2) is 14.4 Å². The Kier molecular flexibility index (Phi) is 5.76. The summed E-state index contributed by atoms with van der Waals surface area (Å²) in [6.07, 6.45) is 1.37. The van der Waals surface area contributed by atoms with Gasteiger partial charge in [0.15, 0.2) is 11.6 Å². The van der Waals surface area contributed by atoms with Gasteiger partial charge in [-0.3, -0.25) is 10.4 Å². The van der Waals surface area contributed by atoms with Crippen molar-refractivity contribution in [3.05, 3.63) is 95.5 Å². The Morgan fingerprint density at radius 3 is 2.03 bits per heavy atom. The number of hydrogen-bond donors (Lipinski definition) is 3.